The fourth-order valence-electron chi connectivity index (χ4n) is 3.18. The Morgan fingerprint density at radius 3 is 2.59 bits per heavy atom. The molecule has 2 heterocycles. The fourth-order valence-corrected chi connectivity index (χ4v) is 3.18. The first-order valence-electron chi connectivity index (χ1n) is 10.4. The van der Waals surface area contributed by atoms with E-state index >= 15 is 0 Å². The van der Waals surface area contributed by atoms with Gasteiger partial charge in [0, 0.05) is 52.6 Å². The van der Waals surface area contributed by atoms with Crippen molar-refractivity contribution in [3.8, 4) is 0 Å². The molecule has 7 nitrogen and oxygen atoms in total. The first-order chi connectivity index (χ1) is 13.5. The highest BCUT2D eigenvalue weighted by Crippen LogP contribution is 2.18. The van der Waals surface area contributed by atoms with Gasteiger partial charge in [-0.2, -0.15) is 0 Å². The molecule has 2 atom stereocenters. The number of hydrogen-bond donors (Lipinski definition) is 2. The van der Waals surface area contributed by atoms with Gasteiger partial charge in [0.15, 0.2) is 5.96 Å². The predicted molar refractivity (Wildman–Crippen MR) is 130 cm³/mol. The van der Waals surface area contributed by atoms with Gasteiger partial charge in [0.25, 0.3) is 0 Å². The summed E-state index contributed by atoms with van der Waals surface area (Å²) in [7, 11) is 1.78. The van der Waals surface area contributed by atoms with E-state index in [1.807, 2.05) is 6.20 Å². The van der Waals surface area contributed by atoms with E-state index in [-0.39, 0.29) is 36.2 Å². The van der Waals surface area contributed by atoms with Crippen LogP contribution in [0.2, 0.25) is 0 Å². The van der Waals surface area contributed by atoms with E-state index in [0.717, 1.165) is 56.6 Å². The Morgan fingerprint density at radius 1 is 1.28 bits per heavy atom. The van der Waals surface area contributed by atoms with Crippen LogP contribution in [0.15, 0.2) is 23.3 Å². The first-order valence-corrected chi connectivity index (χ1v) is 10.4. The molecule has 1 aromatic heterocycles. The average Bonchev–Trinajstić information content (AvgIpc) is 2.66. The Bertz CT molecular complexity index is 587. The van der Waals surface area contributed by atoms with Crippen LogP contribution in [-0.2, 0) is 16.0 Å². The molecule has 1 saturated heterocycles. The van der Waals surface area contributed by atoms with Gasteiger partial charge in [0.2, 0.25) is 0 Å². The lowest BCUT2D eigenvalue weighted by atomic mass is 10.2. The zero-order valence-corrected chi connectivity index (χ0v) is 20.8. The summed E-state index contributed by atoms with van der Waals surface area (Å²) >= 11 is 0. The minimum atomic E-state index is 0. The van der Waals surface area contributed by atoms with Gasteiger partial charge in [-0.1, -0.05) is 19.9 Å². The molecule has 2 rings (SSSR count). The minimum Gasteiger partial charge on any atom is -0.381 e. The van der Waals surface area contributed by atoms with Gasteiger partial charge in [-0.3, -0.25) is 4.99 Å². The Hall–Kier alpha value is -1.13. The molecule has 0 bridgehead atoms. The van der Waals surface area contributed by atoms with E-state index in [9.17, 15) is 0 Å². The molecule has 0 aromatic carbocycles. The number of aromatic nitrogens is 1. The highest BCUT2D eigenvalue weighted by atomic mass is 127. The van der Waals surface area contributed by atoms with Crippen LogP contribution < -0.4 is 15.5 Å². The van der Waals surface area contributed by atoms with Gasteiger partial charge in [0.1, 0.15) is 5.82 Å². The van der Waals surface area contributed by atoms with Crippen LogP contribution in [0.3, 0.4) is 0 Å². The number of hydrogen-bond acceptors (Lipinski definition) is 5. The summed E-state index contributed by atoms with van der Waals surface area (Å²) < 4.78 is 11.4. The van der Waals surface area contributed by atoms with Gasteiger partial charge in [-0.05, 0) is 37.8 Å². The van der Waals surface area contributed by atoms with Gasteiger partial charge in [-0.25, -0.2) is 4.98 Å². The second-order valence-corrected chi connectivity index (χ2v) is 7.86. The van der Waals surface area contributed by atoms with Crippen LogP contribution in [0.25, 0.3) is 0 Å². The molecule has 1 aliphatic heterocycles. The summed E-state index contributed by atoms with van der Waals surface area (Å²) in [4.78, 5) is 11.2. The SMILES string of the molecule is CN=C(NCCCOCC(C)C)NCc1ccc(N2CC(C)OC(C)C2)nc1.I. The molecule has 8 heteroatoms. The van der Waals surface area contributed by atoms with Gasteiger partial charge >= 0.3 is 0 Å². The average molecular weight is 519 g/mol. The molecule has 1 fully saturated rings. The van der Waals surface area contributed by atoms with Crippen LogP contribution in [-0.4, -0.2) is 63.0 Å². The van der Waals surface area contributed by atoms with Crippen molar-refractivity contribution < 1.29 is 9.47 Å². The number of nitrogens with zero attached hydrogens (tertiary/aromatic N) is 3. The number of rotatable bonds is 9. The van der Waals surface area contributed by atoms with E-state index in [1.54, 1.807) is 7.05 Å². The molecule has 166 valence electrons. The number of aliphatic imine (C=N–C) groups is 1. The molecule has 0 saturated carbocycles. The number of guanidine groups is 1. The summed E-state index contributed by atoms with van der Waals surface area (Å²) in [5.74, 6) is 2.39. The number of pyridine rings is 1. The zero-order chi connectivity index (χ0) is 20.4. The molecule has 0 spiro atoms. The number of halogens is 1. The molecule has 2 N–H and O–H groups in total. The third-order valence-electron chi connectivity index (χ3n) is 4.45. The number of anilines is 1. The van der Waals surface area contributed by atoms with Crippen molar-refractivity contribution in [2.75, 3.05) is 44.8 Å². The van der Waals surface area contributed by atoms with Crippen LogP contribution in [0.1, 0.15) is 39.7 Å². The van der Waals surface area contributed by atoms with Gasteiger partial charge < -0.3 is 25.0 Å². The van der Waals surface area contributed by atoms with Gasteiger partial charge in [0.05, 0.1) is 12.2 Å². The Labute approximate surface area is 193 Å². The van der Waals surface area contributed by atoms with Crippen molar-refractivity contribution in [2.24, 2.45) is 10.9 Å². The smallest absolute Gasteiger partial charge is 0.191 e. The van der Waals surface area contributed by atoms with Crippen molar-refractivity contribution >= 4 is 35.8 Å². The molecule has 1 aromatic rings. The Kier molecular flexibility index (Phi) is 12.5. The summed E-state index contributed by atoms with van der Waals surface area (Å²) in [6, 6.07) is 4.21. The second kappa shape index (κ2) is 14.0. The van der Waals surface area contributed by atoms with Crippen LogP contribution in [0.4, 0.5) is 5.82 Å². The lowest BCUT2D eigenvalue weighted by molar-refractivity contribution is -0.00545. The monoisotopic (exact) mass is 519 g/mol. The number of nitrogens with one attached hydrogen (secondary N) is 2. The number of morpholine rings is 1. The fraction of sp³-hybridized carbons (Fsp3) is 0.714. The van der Waals surface area contributed by atoms with Crippen molar-refractivity contribution in [1.82, 2.24) is 15.6 Å². The standard InChI is InChI=1S/C21H37N5O2.HI/c1-16(2)15-27-10-6-9-23-21(22-5)25-12-19-7-8-20(24-11-19)26-13-17(3)28-18(4)14-26;/h7-8,11,16-18H,6,9-10,12-15H2,1-5H3,(H2,22,23,25);1H. The Morgan fingerprint density at radius 2 is 2.00 bits per heavy atom. The lowest BCUT2D eigenvalue weighted by Crippen LogP contribution is -2.45. The third-order valence-corrected chi connectivity index (χ3v) is 4.45. The normalized spacial score (nSPS) is 19.8. The van der Waals surface area contributed by atoms with Crippen LogP contribution in [0, 0.1) is 5.92 Å². The highest BCUT2D eigenvalue weighted by Gasteiger charge is 2.22. The summed E-state index contributed by atoms with van der Waals surface area (Å²) in [5.41, 5.74) is 1.13. The third kappa shape index (κ3) is 9.95. The minimum absolute atomic E-state index is 0. The maximum Gasteiger partial charge on any atom is 0.191 e. The predicted octanol–water partition coefficient (Wildman–Crippen LogP) is 3.04. The second-order valence-electron chi connectivity index (χ2n) is 7.86. The molecule has 1 aliphatic rings. The lowest BCUT2D eigenvalue weighted by Gasteiger charge is -2.36. The van der Waals surface area contributed by atoms with E-state index in [2.05, 4.69) is 65.3 Å². The maximum absolute atomic E-state index is 5.80. The molecule has 0 aliphatic carbocycles. The molecule has 0 radical (unpaired) electrons. The Balaban J connectivity index is 0.00000420. The zero-order valence-electron chi connectivity index (χ0n) is 18.5. The maximum atomic E-state index is 5.80. The van der Waals surface area contributed by atoms with Crippen molar-refractivity contribution in [2.45, 2.75) is 52.9 Å². The summed E-state index contributed by atoms with van der Waals surface area (Å²) in [6.45, 7) is 13.4. The van der Waals surface area contributed by atoms with Crippen molar-refractivity contribution in [3.63, 3.8) is 0 Å². The van der Waals surface area contributed by atoms with E-state index in [4.69, 9.17) is 9.47 Å². The number of ether oxygens (including phenoxy) is 2. The first kappa shape index (κ1) is 25.9. The van der Waals surface area contributed by atoms with Crippen LogP contribution >= 0.6 is 24.0 Å². The molecular formula is C21H38IN5O2. The molecule has 0 amide bonds. The van der Waals surface area contributed by atoms with Crippen LogP contribution in [0.5, 0.6) is 0 Å². The van der Waals surface area contributed by atoms with Gasteiger partial charge in [-0.15, -0.1) is 24.0 Å². The topological polar surface area (TPSA) is 71.0 Å². The molecule has 29 heavy (non-hydrogen) atoms. The quantitative estimate of drug-likeness (QED) is 0.226. The largest absolute Gasteiger partial charge is 0.381 e. The van der Waals surface area contributed by atoms with Crippen molar-refractivity contribution in [3.05, 3.63) is 23.9 Å². The van der Waals surface area contributed by atoms with E-state index < -0.39 is 0 Å². The highest BCUT2D eigenvalue weighted by molar-refractivity contribution is 14.0. The molecular weight excluding hydrogens is 481 g/mol. The van der Waals surface area contributed by atoms with E-state index in [1.165, 1.54) is 0 Å². The van der Waals surface area contributed by atoms with E-state index in [0.29, 0.717) is 12.5 Å². The summed E-state index contributed by atoms with van der Waals surface area (Å²) in [5, 5.41) is 6.65. The molecule has 2 unspecified atom stereocenters. The van der Waals surface area contributed by atoms with Crippen molar-refractivity contribution in [1.29, 1.82) is 0 Å². The summed E-state index contributed by atoms with van der Waals surface area (Å²) in [6.07, 6.45) is 3.36.